The fraction of sp³-hybridized carbons (Fsp3) is 0.417. The van der Waals surface area contributed by atoms with Gasteiger partial charge in [-0.3, -0.25) is 23.9 Å². The van der Waals surface area contributed by atoms with Gasteiger partial charge in [0.2, 0.25) is 0 Å². The van der Waals surface area contributed by atoms with Gasteiger partial charge in [-0.1, -0.05) is 36.7 Å². The number of aryl methyl sites for hydroxylation is 2. The Morgan fingerprint density at radius 3 is 2.38 bits per heavy atom. The van der Waals surface area contributed by atoms with Crippen molar-refractivity contribution in [2.75, 3.05) is 5.88 Å². The van der Waals surface area contributed by atoms with E-state index in [0.717, 1.165) is 61.6 Å². The number of hydrogen-bond acceptors (Lipinski definition) is 6. The maximum absolute atomic E-state index is 13.7. The molecule has 6 rings (SSSR count). The number of rotatable bonds is 4. The fourth-order valence-electron chi connectivity index (χ4n) is 5.26. The van der Waals surface area contributed by atoms with Crippen LogP contribution in [0.3, 0.4) is 0 Å². The average Bonchev–Trinajstić information content (AvgIpc) is 3.51. The molecule has 6 nitrogen and oxygen atoms in total. The summed E-state index contributed by atoms with van der Waals surface area (Å²) in [6.07, 6.45) is 8.43. The standard InChI is InChI=1S/C24H23N3O3S2/c28-21-15-9-3-4-10-16(15)22(29)26(21)13-31-24-25-20-19(17-11-5-6-12-18(17)32-20)23(30)27(24)14-7-1-2-8-14/h3-4,9-10,14H,1-2,5-8,11-13H2. The van der Waals surface area contributed by atoms with Crippen LogP contribution in [0.5, 0.6) is 0 Å². The lowest BCUT2D eigenvalue weighted by Gasteiger charge is -2.20. The van der Waals surface area contributed by atoms with Gasteiger partial charge in [0.1, 0.15) is 4.83 Å². The van der Waals surface area contributed by atoms with Crippen LogP contribution in [0, 0.1) is 0 Å². The van der Waals surface area contributed by atoms with E-state index in [1.165, 1.54) is 27.1 Å². The van der Waals surface area contributed by atoms with Crippen LogP contribution in [0.15, 0.2) is 34.2 Å². The van der Waals surface area contributed by atoms with Gasteiger partial charge in [0.15, 0.2) is 5.16 Å². The van der Waals surface area contributed by atoms with E-state index in [1.54, 1.807) is 35.6 Å². The lowest BCUT2D eigenvalue weighted by molar-refractivity contribution is 0.0684. The Morgan fingerprint density at radius 1 is 0.969 bits per heavy atom. The minimum Gasteiger partial charge on any atom is -0.284 e. The molecule has 3 aliphatic rings. The number of nitrogens with zero attached hydrogens (tertiary/aromatic N) is 3. The maximum atomic E-state index is 13.7. The monoisotopic (exact) mass is 465 g/mol. The first kappa shape index (κ1) is 20.2. The van der Waals surface area contributed by atoms with Gasteiger partial charge >= 0.3 is 0 Å². The van der Waals surface area contributed by atoms with Crippen LogP contribution >= 0.6 is 23.1 Å². The molecule has 2 aromatic heterocycles. The summed E-state index contributed by atoms with van der Waals surface area (Å²) in [5.74, 6) is -0.400. The van der Waals surface area contributed by atoms with E-state index in [1.807, 2.05) is 4.57 Å². The zero-order chi connectivity index (χ0) is 21.8. The molecule has 164 valence electrons. The number of hydrogen-bond donors (Lipinski definition) is 0. The molecule has 3 aromatic rings. The summed E-state index contributed by atoms with van der Waals surface area (Å²) in [6.45, 7) is 0. The second-order valence-electron chi connectivity index (χ2n) is 8.76. The highest BCUT2D eigenvalue weighted by Gasteiger charge is 2.36. The number of amides is 2. The molecule has 0 N–H and O–H groups in total. The van der Waals surface area contributed by atoms with Gasteiger partial charge in [0.25, 0.3) is 17.4 Å². The minimum atomic E-state index is -0.277. The van der Waals surface area contributed by atoms with Gasteiger partial charge in [-0.05, 0) is 56.2 Å². The van der Waals surface area contributed by atoms with Gasteiger partial charge in [-0.15, -0.1) is 11.3 Å². The van der Waals surface area contributed by atoms with Crippen molar-refractivity contribution >= 4 is 45.1 Å². The Balaban J connectivity index is 1.39. The van der Waals surface area contributed by atoms with E-state index < -0.39 is 0 Å². The van der Waals surface area contributed by atoms with Crippen molar-refractivity contribution in [2.24, 2.45) is 0 Å². The van der Waals surface area contributed by atoms with Crippen LogP contribution in [-0.2, 0) is 12.8 Å². The SMILES string of the molecule is O=C1c2ccccc2C(=O)N1CSc1nc2sc3c(c2c(=O)n1C1CCCC1)CCCC3. The van der Waals surface area contributed by atoms with Gasteiger partial charge in [0.05, 0.1) is 22.4 Å². The molecule has 0 bridgehead atoms. The molecule has 1 aromatic carbocycles. The average molecular weight is 466 g/mol. The summed E-state index contributed by atoms with van der Waals surface area (Å²) >= 11 is 2.97. The molecular formula is C24H23N3O3S2. The zero-order valence-electron chi connectivity index (χ0n) is 17.6. The lowest BCUT2D eigenvalue weighted by atomic mass is 9.97. The summed E-state index contributed by atoms with van der Waals surface area (Å²) in [6, 6.07) is 7.06. The Kier molecular flexibility index (Phi) is 4.95. The third-order valence-corrected chi connectivity index (χ3v) is 9.00. The van der Waals surface area contributed by atoms with Crippen molar-refractivity contribution in [3.63, 3.8) is 0 Å². The highest BCUT2D eigenvalue weighted by molar-refractivity contribution is 7.99. The zero-order valence-corrected chi connectivity index (χ0v) is 19.3. The molecule has 1 saturated carbocycles. The predicted molar refractivity (Wildman–Crippen MR) is 126 cm³/mol. The third kappa shape index (κ3) is 3.07. The normalized spacial score (nSPS) is 18.6. The number of benzene rings is 1. The minimum absolute atomic E-state index is 0.0613. The quantitative estimate of drug-likeness (QED) is 0.314. The van der Waals surface area contributed by atoms with Gasteiger partial charge < -0.3 is 0 Å². The first-order chi connectivity index (χ1) is 15.6. The molecule has 8 heteroatoms. The second-order valence-corrected chi connectivity index (χ2v) is 10.8. The number of thiophene rings is 1. The molecule has 1 fully saturated rings. The van der Waals surface area contributed by atoms with Crippen molar-refractivity contribution < 1.29 is 9.59 Å². The summed E-state index contributed by atoms with van der Waals surface area (Å²) in [5, 5.41) is 1.44. The summed E-state index contributed by atoms with van der Waals surface area (Å²) in [4.78, 5) is 47.6. The van der Waals surface area contributed by atoms with Gasteiger partial charge in [-0.25, -0.2) is 4.98 Å². The molecule has 0 unspecified atom stereocenters. The summed E-state index contributed by atoms with van der Waals surface area (Å²) < 4.78 is 1.87. The number of aromatic nitrogens is 2. The molecule has 1 aliphatic heterocycles. The van der Waals surface area contributed by atoms with E-state index in [4.69, 9.17) is 4.98 Å². The fourth-order valence-corrected chi connectivity index (χ4v) is 7.58. The van der Waals surface area contributed by atoms with Crippen LogP contribution in [-0.4, -0.2) is 32.1 Å². The van der Waals surface area contributed by atoms with Crippen LogP contribution in [0.25, 0.3) is 10.2 Å². The first-order valence-electron chi connectivity index (χ1n) is 11.3. The van der Waals surface area contributed by atoms with Crippen molar-refractivity contribution in [2.45, 2.75) is 62.6 Å². The molecule has 0 spiro atoms. The van der Waals surface area contributed by atoms with E-state index in [9.17, 15) is 14.4 Å². The molecule has 0 radical (unpaired) electrons. The third-order valence-electron chi connectivity index (χ3n) is 6.88. The Bertz CT molecular complexity index is 1290. The van der Waals surface area contributed by atoms with E-state index in [0.29, 0.717) is 16.3 Å². The second kappa shape index (κ2) is 7.85. The number of carbonyl (C=O) groups excluding carboxylic acids is 2. The molecule has 0 saturated heterocycles. The van der Waals surface area contributed by atoms with Crippen molar-refractivity contribution in [3.05, 3.63) is 56.2 Å². The summed E-state index contributed by atoms with van der Waals surface area (Å²) in [7, 11) is 0. The number of fused-ring (bicyclic) bond motifs is 4. The van der Waals surface area contributed by atoms with Crippen molar-refractivity contribution in [1.82, 2.24) is 14.5 Å². The molecule has 32 heavy (non-hydrogen) atoms. The van der Waals surface area contributed by atoms with E-state index in [-0.39, 0.29) is 29.3 Å². The van der Waals surface area contributed by atoms with E-state index >= 15 is 0 Å². The Labute approximate surface area is 193 Å². The predicted octanol–water partition coefficient (Wildman–Crippen LogP) is 4.80. The molecular weight excluding hydrogens is 442 g/mol. The highest BCUT2D eigenvalue weighted by atomic mass is 32.2. The Hall–Kier alpha value is -2.45. The Morgan fingerprint density at radius 2 is 1.66 bits per heavy atom. The molecule has 2 amide bonds. The molecule has 2 aliphatic carbocycles. The highest BCUT2D eigenvalue weighted by Crippen LogP contribution is 2.38. The van der Waals surface area contributed by atoms with E-state index in [2.05, 4.69) is 0 Å². The molecule has 3 heterocycles. The number of thioether (sulfide) groups is 1. The smallest absolute Gasteiger partial charge is 0.263 e. The lowest BCUT2D eigenvalue weighted by Crippen LogP contribution is -2.31. The maximum Gasteiger partial charge on any atom is 0.263 e. The van der Waals surface area contributed by atoms with Crippen molar-refractivity contribution in [3.8, 4) is 0 Å². The summed E-state index contributed by atoms with van der Waals surface area (Å²) in [5.41, 5.74) is 2.16. The number of imide groups is 1. The van der Waals surface area contributed by atoms with Crippen LogP contribution in [0.1, 0.15) is 75.7 Å². The van der Waals surface area contributed by atoms with Gasteiger partial charge in [0, 0.05) is 10.9 Å². The largest absolute Gasteiger partial charge is 0.284 e. The van der Waals surface area contributed by atoms with Crippen LogP contribution < -0.4 is 5.56 Å². The number of carbonyl (C=O) groups is 2. The van der Waals surface area contributed by atoms with Crippen molar-refractivity contribution in [1.29, 1.82) is 0 Å². The van der Waals surface area contributed by atoms with Gasteiger partial charge in [-0.2, -0.15) is 0 Å². The topological polar surface area (TPSA) is 72.3 Å². The van der Waals surface area contributed by atoms with Crippen LogP contribution in [0.2, 0.25) is 0 Å². The molecule has 0 atom stereocenters. The first-order valence-corrected chi connectivity index (χ1v) is 13.1. The van der Waals surface area contributed by atoms with Crippen LogP contribution in [0.4, 0.5) is 0 Å².